The number of ether oxygens (including phenoxy) is 2. The molecule has 0 aliphatic rings. The van der Waals surface area contributed by atoms with E-state index in [0.29, 0.717) is 13.2 Å². The van der Waals surface area contributed by atoms with Crippen LogP contribution in [0.4, 0.5) is 0 Å². The van der Waals surface area contributed by atoms with E-state index in [0.717, 1.165) is 19.3 Å². The Kier molecular flexibility index (Phi) is 10.3. The van der Waals surface area contributed by atoms with Crippen molar-refractivity contribution >= 4 is 0 Å². The maximum Gasteiger partial charge on any atom is 0.109 e. The van der Waals surface area contributed by atoms with E-state index in [-0.39, 0.29) is 13.2 Å². The molecular weight excluding hydrogens is 196 g/mol. The molecule has 0 spiro atoms. The first kappa shape index (κ1) is 14.8. The van der Waals surface area contributed by atoms with Gasteiger partial charge in [0.2, 0.25) is 0 Å². The summed E-state index contributed by atoms with van der Waals surface area (Å²) in [5.74, 6) is 0. The van der Waals surface area contributed by atoms with Crippen LogP contribution in [0, 0.1) is 0 Å². The summed E-state index contributed by atoms with van der Waals surface area (Å²) in [4.78, 5) is 0. The first-order valence-electron chi connectivity index (χ1n) is 5.74. The first-order chi connectivity index (χ1) is 7.26. The van der Waals surface area contributed by atoms with Crippen LogP contribution in [0.15, 0.2) is 0 Å². The van der Waals surface area contributed by atoms with E-state index in [4.69, 9.17) is 14.6 Å². The van der Waals surface area contributed by atoms with Crippen LogP contribution in [0.1, 0.15) is 33.1 Å². The van der Waals surface area contributed by atoms with Crippen molar-refractivity contribution in [1.82, 2.24) is 0 Å². The fourth-order valence-corrected chi connectivity index (χ4v) is 1.12. The van der Waals surface area contributed by atoms with Crippen LogP contribution in [-0.4, -0.2) is 48.8 Å². The van der Waals surface area contributed by atoms with Gasteiger partial charge in [-0.3, -0.25) is 0 Å². The van der Waals surface area contributed by atoms with Gasteiger partial charge in [-0.25, -0.2) is 0 Å². The lowest BCUT2D eigenvalue weighted by Crippen LogP contribution is -2.36. The van der Waals surface area contributed by atoms with E-state index in [9.17, 15) is 5.11 Å². The molecule has 0 aliphatic carbocycles. The molecule has 0 saturated carbocycles. The lowest BCUT2D eigenvalue weighted by Gasteiger charge is -2.21. The number of rotatable bonds is 10. The second kappa shape index (κ2) is 10.4. The normalized spacial score (nSPS) is 15.2. The van der Waals surface area contributed by atoms with Crippen molar-refractivity contribution < 1.29 is 19.7 Å². The lowest BCUT2D eigenvalue weighted by molar-refractivity contribution is -0.0909. The Morgan fingerprint density at radius 2 is 1.87 bits per heavy atom. The largest absolute Gasteiger partial charge is 0.394 e. The van der Waals surface area contributed by atoms with E-state index < -0.39 is 12.2 Å². The van der Waals surface area contributed by atoms with Crippen molar-refractivity contribution in [3.63, 3.8) is 0 Å². The number of aliphatic hydroxyl groups excluding tert-OH is 2. The summed E-state index contributed by atoms with van der Waals surface area (Å²) < 4.78 is 10.5. The summed E-state index contributed by atoms with van der Waals surface area (Å²) in [5, 5.41) is 18.6. The SMILES string of the molecule is CCCCOC(CO)C(O)COCCC. The monoisotopic (exact) mass is 220 g/mol. The molecule has 2 N–H and O–H groups in total. The summed E-state index contributed by atoms with van der Waals surface area (Å²) in [6.07, 6.45) is 1.65. The molecule has 92 valence electrons. The molecule has 2 unspecified atom stereocenters. The fourth-order valence-electron chi connectivity index (χ4n) is 1.12. The van der Waals surface area contributed by atoms with Gasteiger partial charge in [0.15, 0.2) is 0 Å². The Morgan fingerprint density at radius 1 is 1.13 bits per heavy atom. The van der Waals surface area contributed by atoms with Crippen molar-refractivity contribution in [2.24, 2.45) is 0 Å². The van der Waals surface area contributed by atoms with Crippen LogP contribution in [-0.2, 0) is 9.47 Å². The molecule has 0 amide bonds. The number of hydrogen-bond donors (Lipinski definition) is 2. The molecule has 15 heavy (non-hydrogen) atoms. The highest BCUT2D eigenvalue weighted by Crippen LogP contribution is 2.02. The highest BCUT2D eigenvalue weighted by Gasteiger charge is 2.18. The second-order valence-electron chi connectivity index (χ2n) is 3.59. The highest BCUT2D eigenvalue weighted by molar-refractivity contribution is 4.67. The minimum absolute atomic E-state index is 0.166. The van der Waals surface area contributed by atoms with Crippen LogP contribution >= 0.6 is 0 Å². The van der Waals surface area contributed by atoms with Crippen LogP contribution in [0.25, 0.3) is 0 Å². The molecule has 0 bridgehead atoms. The van der Waals surface area contributed by atoms with Gasteiger partial charge in [0.05, 0.1) is 13.2 Å². The molecule has 0 radical (unpaired) electrons. The third-order valence-corrected chi connectivity index (χ3v) is 2.08. The van der Waals surface area contributed by atoms with Gasteiger partial charge < -0.3 is 19.7 Å². The molecule has 0 aromatic heterocycles. The third kappa shape index (κ3) is 7.73. The Morgan fingerprint density at radius 3 is 2.40 bits per heavy atom. The quantitative estimate of drug-likeness (QED) is 0.538. The van der Waals surface area contributed by atoms with Gasteiger partial charge in [-0.15, -0.1) is 0 Å². The maximum atomic E-state index is 9.62. The number of aliphatic hydroxyl groups is 2. The molecule has 0 fully saturated rings. The van der Waals surface area contributed by atoms with Gasteiger partial charge in [0.25, 0.3) is 0 Å². The second-order valence-corrected chi connectivity index (χ2v) is 3.59. The minimum atomic E-state index is -0.738. The predicted octanol–water partition coefficient (Wildman–Crippen LogP) is 0.951. The predicted molar refractivity (Wildman–Crippen MR) is 58.9 cm³/mol. The van der Waals surface area contributed by atoms with E-state index in [1.165, 1.54) is 0 Å². The average Bonchev–Trinajstić information content (AvgIpc) is 2.24. The maximum absolute atomic E-state index is 9.62. The van der Waals surface area contributed by atoms with E-state index in [1.54, 1.807) is 0 Å². The highest BCUT2D eigenvalue weighted by atomic mass is 16.5. The number of hydrogen-bond acceptors (Lipinski definition) is 4. The van der Waals surface area contributed by atoms with Gasteiger partial charge in [-0.05, 0) is 12.8 Å². The minimum Gasteiger partial charge on any atom is -0.394 e. The number of unbranched alkanes of at least 4 members (excludes halogenated alkanes) is 1. The zero-order valence-electron chi connectivity index (χ0n) is 9.82. The lowest BCUT2D eigenvalue weighted by atomic mass is 10.2. The Bertz CT molecular complexity index is 130. The fraction of sp³-hybridized carbons (Fsp3) is 1.00. The molecule has 2 atom stereocenters. The molecule has 4 nitrogen and oxygen atoms in total. The van der Waals surface area contributed by atoms with Crippen LogP contribution in [0.3, 0.4) is 0 Å². The van der Waals surface area contributed by atoms with E-state index >= 15 is 0 Å². The standard InChI is InChI=1S/C11H24O4/c1-3-5-7-15-11(8-12)10(13)9-14-6-4-2/h10-13H,3-9H2,1-2H3. The molecule has 0 aromatic carbocycles. The summed E-state index contributed by atoms with van der Waals surface area (Å²) >= 11 is 0. The zero-order valence-corrected chi connectivity index (χ0v) is 9.82. The Labute approximate surface area is 92.2 Å². The molecule has 0 aliphatic heterocycles. The smallest absolute Gasteiger partial charge is 0.109 e. The summed E-state index contributed by atoms with van der Waals surface area (Å²) in [7, 11) is 0. The van der Waals surface area contributed by atoms with Gasteiger partial charge in [-0.1, -0.05) is 20.3 Å². The van der Waals surface area contributed by atoms with Crippen molar-refractivity contribution in [1.29, 1.82) is 0 Å². The average molecular weight is 220 g/mol. The summed E-state index contributed by atoms with van der Waals surface area (Å²) in [6.45, 7) is 5.34. The topological polar surface area (TPSA) is 58.9 Å². The van der Waals surface area contributed by atoms with Crippen LogP contribution in [0.2, 0.25) is 0 Å². The van der Waals surface area contributed by atoms with Crippen molar-refractivity contribution in [3.8, 4) is 0 Å². The van der Waals surface area contributed by atoms with Crippen LogP contribution in [0.5, 0.6) is 0 Å². The summed E-state index contributed by atoms with van der Waals surface area (Å²) in [5.41, 5.74) is 0. The molecule has 0 aromatic rings. The zero-order chi connectivity index (χ0) is 11.5. The van der Waals surface area contributed by atoms with Crippen molar-refractivity contribution in [2.75, 3.05) is 26.4 Å². The molecular formula is C11H24O4. The molecule has 4 heteroatoms. The van der Waals surface area contributed by atoms with Crippen molar-refractivity contribution in [3.05, 3.63) is 0 Å². The van der Waals surface area contributed by atoms with E-state index in [2.05, 4.69) is 6.92 Å². The first-order valence-corrected chi connectivity index (χ1v) is 5.74. The molecule has 0 heterocycles. The Balaban J connectivity index is 3.62. The van der Waals surface area contributed by atoms with Gasteiger partial charge in [0.1, 0.15) is 12.2 Å². The molecule has 0 saturated heterocycles. The van der Waals surface area contributed by atoms with E-state index in [1.807, 2.05) is 6.92 Å². The van der Waals surface area contributed by atoms with Crippen LogP contribution < -0.4 is 0 Å². The third-order valence-electron chi connectivity index (χ3n) is 2.08. The van der Waals surface area contributed by atoms with Gasteiger partial charge >= 0.3 is 0 Å². The van der Waals surface area contributed by atoms with Gasteiger partial charge in [0, 0.05) is 13.2 Å². The van der Waals surface area contributed by atoms with Gasteiger partial charge in [-0.2, -0.15) is 0 Å². The Hall–Kier alpha value is -0.160. The summed E-state index contributed by atoms with van der Waals surface area (Å²) in [6, 6.07) is 0. The molecule has 0 rings (SSSR count). The van der Waals surface area contributed by atoms with Crippen molar-refractivity contribution in [2.45, 2.75) is 45.3 Å².